The molecule has 0 amide bonds. The van der Waals surface area contributed by atoms with Crippen molar-refractivity contribution in [1.82, 2.24) is 0 Å². The van der Waals surface area contributed by atoms with Gasteiger partial charge in [-0.3, -0.25) is 0 Å². The lowest BCUT2D eigenvalue weighted by Gasteiger charge is -2.12. The molecule has 0 N–H and O–H groups in total. The Morgan fingerprint density at radius 2 is 1.13 bits per heavy atom. The lowest BCUT2D eigenvalue weighted by Crippen LogP contribution is -2.26. The molecule has 0 fully saturated rings. The first-order chi connectivity index (χ1) is 26.4. The first-order valence-electron chi connectivity index (χ1n) is 20.3. The number of esters is 2. The van der Waals surface area contributed by atoms with Crippen LogP contribution in [-0.4, -0.2) is 31.3 Å². The van der Waals surface area contributed by atoms with Crippen LogP contribution in [-0.2, 0) is 9.53 Å². The molecule has 0 saturated heterocycles. The zero-order chi connectivity index (χ0) is 38.0. The van der Waals surface area contributed by atoms with E-state index in [9.17, 15) is 9.59 Å². The van der Waals surface area contributed by atoms with Gasteiger partial charge in [0.2, 0.25) is 0 Å². The highest BCUT2D eigenvalue weighted by Gasteiger charge is 2.20. The minimum absolute atomic E-state index is 0.385. The molecule has 0 aliphatic rings. The second-order valence-corrected chi connectivity index (χ2v) is 15.3. The molecule has 5 rings (SSSR count). The molecule has 8 heteroatoms. The average molecular weight is 755 g/mol. The number of carbonyl (C=O) groups excluding carboxylic acids is 2. The maximum atomic E-state index is 13.1. The van der Waals surface area contributed by atoms with Crippen molar-refractivity contribution in [2.75, 3.05) is 13.2 Å². The SMILES string of the molecule is CCCCCCCCCCCCOc1ccc(-c2ccc(OC(=O)c3cc4oc5cc(OC(=O)C(C)OCCCCCCCC)ccc5c4s3)cc2)cc1. The summed E-state index contributed by atoms with van der Waals surface area (Å²) in [4.78, 5) is 26.1. The number of fused-ring (bicyclic) bond motifs is 3. The molecule has 0 aliphatic carbocycles. The molecule has 2 heterocycles. The maximum Gasteiger partial charge on any atom is 0.353 e. The minimum atomic E-state index is -0.656. The third kappa shape index (κ3) is 12.7. The van der Waals surface area contributed by atoms with Crippen LogP contribution in [0.15, 0.2) is 77.2 Å². The van der Waals surface area contributed by atoms with Crippen molar-refractivity contribution in [3.05, 3.63) is 77.7 Å². The highest BCUT2D eigenvalue weighted by Crippen LogP contribution is 2.37. The summed E-state index contributed by atoms with van der Waals surface area (Å²) < 4.78 is 29.8. The summed E-state index contributed by atoms with van der Waals surface area (Å²) in [5, 5.41) is 0.834. The van der Waals surface area contributed by atoms with E-state index in [4.69, 9.17) is 23.4 Å². The Kier molecular flexibility index (Phi) is 16.9. The highest BCUT2D eigenvalue weighted by molar-refractivity contribution is 7.21. The molecule has 1 atom stereocenters. The number of benzene rings is 3. The Morgan fingerprint density at radius 3 is 1.74 bits per heavy atom. The molecule has 290 valence electrons. The number of hydrogen-bond donors (Lipinski definition) is 0. The molecule has 0 spiro atoms. The highest BCUT2D eigenvalue weighted by atomic mass is 32.1. The number of thiophene rings is 1. The van der Waals surface area contributed by atoms with Gasteiger partial charge >= 0.3 is 11.9 Å². The summed E-state index contributed by atoms with van der Waals surface area (Å²) in [6.07, 6.45) is 19.4. The standard InChI is InChI=1S/C46H58O7S/c1-4-6-8-10-12-13-14-15-17-19-31-50-37-24-20-35(21-25-37)36-22-26-38(27-23-36)51-46(48)43-33-42-44(54-43)40-29-28-39(32-41(40)53-42)52-45(47)34(3)49-30-18-16-11-9-7-5-2/h20-29,32-34H,4-19,30-31H2,1-3H3. The number of furan rings is 1. The average Bonchev–Trinajstić information content (AvgIpc) is 3.75. The summed E-state index contributed by atoms with van der Waals surface area (Å²) in [5.41, 5.74) is 3.24. The Labute approximate surface area is 325 Å². The van der Waals surface area contributed by atoms with Crippen molar-refractivity contribution < 1.29 is 33.0 Å². The van der Waals surface area contributed by atoms with Crippen LogP contribution >= 0.6 is 11.3 Å². The topological polar surface area (TPSA) is 84.2 Å². The van der Waals surface area contributed by atoms with Crippen molar-refractivity contribution >= 4 is 44.5 Å². The van der Waals surface area contributed by atoms with Gasteiger partial charge in [0.05, 0.1) is 11.3 Å². The lowest BCUT2D eigenvalue weighted by molar-refractivity contribution is -0.146. The first-order valence-corrected chi connectivity index (χ1v) is 21.1. The number of unbranched alkanes of at least 4 members (excludes halogenated alkanes) is 14. The zero-order valence-corrected chi connectivity index (χ0v) is 33.3. The van der Waals surface area contributed by atoms with E-state index < -0.39 is 18.0 Å². The number of carbonyl (C=O) groups is 2. The van der Waals surface area contributed by atoms with Crippen LogP contribution in [0.4, 0.5) is 0 Å². The second kappa shape index (κ2) is 22.3. The molecule has 0 aliphatic heterocycles. The van der Waals surface area contributed by atoms with E-state index in [1.54, 1.807) is 37.3 Å². The lowest BCUT2D eigenvalue weighted by atomic mass is 10.1. The van der Waals surface area contributed by atoms with Gasteiger partial charge in [0.25, 0.3) is 0 Å². The Bertz CT molecular complexity index is 1850. The Morgan fingerprint density at radius 1 is 0.593 bits per heavy atom. The van der Waals surface area contributed by atoms with Gasteiger partial charge in [-0.15, -0.1) is 11.3 Å². The van der Waals surface area contributed by atoms with Crippen LogP contribution in [0.3, 0.4) is 0 Å². The van der Waals surface area contributed by atoms with Crippen molar-refractivity contribution in [3.8, 4) is 28.4 Å². The van der Waals surface area contributed by atoms with E-state index in [-0.39, 0.29) is 0 Å². The molecular formula is C46H58O7S. The fraction of sp³-hybridized carbons (Fsp3) is 0.478. The van der Waals surface area contributed by atoms with Gasteiger partial charge in [-0.25, -0.2) is 9.59 Å². The minimum Gasteiger partial charge on any atom is -0.494 e. The third-order valence-corrected chi connectivity index (χ3v) is 10.9. The van der Waals surface area contributed by atoms with Crippen LogP contribution < -0.4 is 14.2 Å². The fourth-order valence-electron chi connectivity index (χ4n) is 6.50. The molecule has 7 nitrogen and oxygen atoms in total. The van der Waals surface area contributed by atoms with Crippen LogP contribution in [0, 0.1) is 0 Å². The van der Waals surface area contributed by atoms with Gasteiger partial charge in [-0.2, -0.15) is 0 Å². The van der Waals surface area contributed by atoms with Crippen molar-refractivity contribution in [1.29, 1.82) is 0 Å². The van der Waals surface area contributed by atoms with Gasteiger partial charge in [0.1, 0.15) is 33.3 Å². The van der Waals surface area contributed by atoms with Crippen LogP contribution in [0.25, 0.3) is 32.4 Å². The maximum absolute atomic E-state index is 13.1. The van der Waals surface area contributed by atoms with E-state index in [0.29, 0.717) is 34.1 Å². The number of hydrogen-bond acceptors (Lipinski definition) is 8. The van der Waals surface area contributed by atoms with E-state index in [1.165, 1.54) is 94.8 Å². The first kappa shape index (κ1) is 41.0. The quantitative estimate of drug-likeness (QED) is 0.0333. The van der Waals surface area contributed by atoms with E-state index >= 15 is 0 Å². The summed E-state index contributed by atoms with van der Waals surface area (Å²) >= 11 is 1.31. The molecule has 0 radical (unpaired) electrons. The van der Waals surface area contributed by atoms with Gasteiger partial charge in [-0.05, 0) is 67.3 Å². The van der Waals surface area contributed by atoms with Gasteiger partial charge in [0.15, 0.2) is 6.10 Å². The third-order valence-electron chi connectivity index (χ3n) is 9.75. The number of rotatable bonds is 25. The molecule has 0 bridgehead atoms. The summed E-state index contributed by atoms with van der Waals surface area (Å²) in [6, 6.07) is 22.6. The Hall–Kier alpha value is -4.14. The summed E-state index contributed by atoms with van der Waals surface area (Å²) in [5.74, 6) is 0.844. The molecule has 0 saturated carbocycles. The molecule has 2 aromatic heterocycles. The molecule has 3 aromatic carbocycles. The smallest absolute Gasteiger partial charge is 0.353 e. The summed E-state index contributed by atoms with van der Waals surface area (Å²) in [6.45, 7) is 7.46. The van der Waals surface area contributed by atoms with Crippen molar-refractivity contribution in [3.63, 3.8) is 0 Å². The molecule has 1 unspecified atom stereocenters. The predicted molar refractivity (Wildman–Crippen MR) is 220 cm³/mol. The summed E-state index contributed by atoms with van der Waals surface area (Å²) in [7, 11) is 0. The number of ether oxygens (including phenoxy) is 4. The van der Waals surface area contributed by atoms with Gasteiger partial charge in [-0.1, -0.05) is 128 Å². The van der Waals surface area contributed by atoms with E-state index in [2.05, 4.69) is 26.0 Å². The molecule has 5 aromatic rings. The van der Waals surface area contributed by atoms with Crippen molar-refractivity contribution in [2.45, 2.75) is 130 Å². The zero-order valence-electron chi connectivity index (χ0n) is 32.5. The predicted octanol–water partition coefficient (Wildman–Crippen LogP) is 13.5. The van der Waals surface area contributed by atoms with Crippen LogP contribution in [0.2, 0.25) is 0 Å². The van der Waals surface area contributed by atoms with Crippen molar-refractivity contribution in [2.24, 2.45) is 0 Å². The van der Waals surface area contributed by atoms with E-state index in [1.807, 2.05) is 30.3 Å². The monoisotopic (exact) mass is 754 g/mol. The fourth-order valence-corrected chi connectivity index (χ4v) is 7.49. The van der Waals surface area contributed by atoms with E-state index in [0.717, 1.165) is 52.8 Å². The second-order valence-electron chi connectivity index (χ2n) is 14.2. The van der Waals surface area contributed by atoms with Gasteiger partial charge in [0, 0.05) is 24.1 Å². The normalized spacial score (nSPS) is 12.0. The van der Waals surface area contributed by atoms with Crippen LogP contribution in [0.5, 0.6) is 17.2 Å². The largest absolute Gasteiger partial charge is 0.494 e. The van der Waals surface area contributed by atoms with Gasteiger partial charge < -0.3 is 23.4 Å². The molecular weight excluding hydrogens is 697 g/mol. The molecule has 54 heavy (non-hydrogen) atoms. The Balaban J connectivity index is 1.04. The van der Waals surface area contributed by atoms with Crippen LogP contribution in [0.1, 0.15) is 133 Å².